The minimum absolute atomic E-state index is 0.0218. The van der Waals surface area contributed by atoms with Crippen LogP contribution in [0.2, 0.25) is 5.02 Å². The predicted octanol–water partition coefficient (Wildman–Crippen LogP) is 1.26. The Hall–Kier alpha value is -2.48. The van der Waals surface area contributed by atoms with Gasteiger partial charge in [0.1, 0.15) is 6.04 Å². The van der Waals surface area contributed by atoms with Crippen molar-refractivity contribution in [1.82, 2.24) is 10.6 Å². The van der Waals surface area contributed by atoms with Crippen molar-refractivity contribution in [3.05, 3.63) is 22.7 Å². The fraction of sp³-hybridized carbons (Fsp3) is 0.438. The van der Waals surface area contributed by atoms with Gasteiger partial charge in [-0.05, 0) is 25.5 Å². The van der Waals surface area contributed by atoms with Gasteiger partial charge in [0.25, 0.3) is 5.91 Å². The first kappa shape index (κ1) is 18.9. The van der Waals surface area contributed by atoms with Crippen LogP contribution in [0, 0.1) is 0 Å². The van der Waals surface area contributed by atoms with Crippen LogP contribution in [-0.2, 0) is 14.3 Å². The zero-order valence-electron chi connectivity index (χ0n) is 13.9. The maximum absolute atomic E-state index is 12.0. The monoisotopic (exact) mass is 370 g/mol. The second-order valence-electron chi connectivity index (χ2n) is 5.35. The molecule has 1 aromatic carbocycles. The summed E-state index contributed by atoms with van der Waals surface area (Å²) in [5.41, 5.74) is 0.135. The van der Waals surface area contributed by atoms with Crippen LogP contribution in [0.3, 0.4) is 0 Å². The number of amides is 2. The van der Waals surface area contributed by atoms with Gasteiger partial charge in [0.2, 0.25) is 12.7 Å². The molecule has 9 heteroatoms. The molecule has 2 rings (SSSR count). The average Bonchev–Trinajstić information content (AvgIpc) is 3.06. The third-order valence-electron chi connectivity index (χ3n) is 3.32. The van der Waals surface area contributed by atoms with Crippen LogP contribution >= 0.6 is 11.6 Å². The minimum atomic E-state index is -0.738. The van der Waals surface area contributed by atoms with Gasteiger partial charge in [-0.3, -0.25) is 9.59 Å². The maximum Gasteiger partial charge on any atom is 0.338 e. The lowest BCUT2D eigenvalue weighted by atomic mass is 10.2. The first-order valence-corrected chi connectivity index (χ1v) is 8.13. The summed E-state index contributed by atoms with van der Waals surface area (Å²) in [5, 5.41) is 5.32. The molecule has 0 spiro atoms. The average molecular weight is 371 g/mol. The molecule has 0 fully saturated rings. The highest BCUT2D eigenvalue weighted by atomic mass is 35.5. The third-order valence-corrected chi connectivity index (χ3v) is 3.60. The first-order chi connectivity index (χ1) is 11.9. The normalized spacial score (nSPS) is 13.1. The van der Waals surface area contributed by atoms with E-state index in [1.807, 2.05) is 6.92 Å². The molecular weight excluding hydrogens is 352 g/mol. The molecule has 1 aliphatic rings. The molecule has 1 aromatic rings. The number of rotatable bonds is 7. The Morgan fingerprint density at radius 1 is 1.32 bits per heavy atom. The van der Waals surface area contributed by atoms with Crippen LogP contribution in [0.15, 0.2) is 12.1 Å². The fourth-order valence-electron chi connectivity index (χ4n) is 2.05. The van der Waals surface area contributed by atoms with Gasteiger partial charge < -0.3 is 24.8 Å². The Balaban J connectivity index is 1.84. The van der Waals surface area contributed by atoms with E-state index in [4.69, 9.17) is 25.8 Å². The highest BCUT2D eigenvalue weighted by molar-refractivity contribution is 6.32. The lowest BCUT2D eigenvalue weighted by molar-refractivity contribution is -0.130. The summed E-state index contributed by atoms with van der Waals surface area (Å²) in [6, 6.07) is 2.07. The second kappa shape index (κ2) is 8.57. The standard InChI is InChI=1S/C16H19ClN2O6/c1-3-4-18-15(21)9(2)19-13(20)7-23-16(22)10-5-11(17)14-12(6-10)24-8-25-14/h5-6,9H,3-4,7-8H2,1-2H3,(H,18,21)(H,19,20)/t9-/m1/s1. The van der Waals surface area contributed by atoms with E-state index in [9.17, 15) is 14.4 Å². The number of ether oxygens (including phenoxy) is 3. The Labute approximate surface area is 149 Å². The molecule has 0 unspecified atom stereocenters. The number of esters is 1. The lowest BCUT2D eigenvalue weighted by Crippen LogP contribution is -2.46. The molecule has 1 aliphatic heterocycles. The SMILES string of the molecule is CCCNC(=O)[C@@H](C)NC(=O)COC(=O)c1cc(Cl)c2c(c1)OCO2. The zero-order valence-corrected chi connectivity index (χ0v) is 14.6. The van der Waals surface area contributed by atoms with Crippen molar-refractivity contribution in [3.63, 3.8) is 0 Å². The van der Waals surface area contributed by atoms with E-state index in [1.165, 1.54) is 12.1 Å². The summed E-state index contributed by atoms with van der Waals surface area (Å²) >= 11 is 5.99. The van der Waals surface area contributed by atoms with Crippen molar-refractivity contribution in [2.75, 3.05) is 19.9 Å². The summed E-state index contributed by atoms with van der Waals surface area (Å²) in [6.45, 7) is 3.50. The van der Waals surface area contributed by atoms with Gasteiger partial charge in [0.05, 0.1) is 10.6 Å². The lowest BCUT2D eigenvalue weighted by Gasteiger charge is -2.14. The summed E-state index contributed by atoms with van der Waals surface area (Å²) in [6.07, 6.45) is 0.794. The molecule has 1 atom stereocenters. The van der Waals surface area contributed by atoms with E-state index in [0.717, 1.165) is 6.42 Å². The van der Waals surface area contributed by atoms with Crippen LogP contribution < -0.4 is 20.1 Å². The van der Waals surface area contributed by atoms with Gasteiger partial charge in [-0.25, -0.2) is 4.79 Å². The molecule has 136 valence electrons. The molecule has 0 saturated heterocycles. The minimum Gasteiger partial charge on any atom is -0.454 e. The number of nitrogens with one attached hydrogen (secondary N) is 2. The Morgan fingerprint density at radius 2 is 2.08 bits per heavy atom. The number of benzene rings is 1. The van der Waals surface area contributed by atoms with Gasteiger partial charge >= 0.3 is 5.97 Å². The van der Waals surface area contributed by atoms with Gasteiger partial charge in [-0.2, -0.15) is 0 Å². The van der Waals surface area contributed by atoms with E-state index in [0.29, 0.717) is 18.0 Å². The van der Waals surface area contributed by atoms with E-state index in [1.54, 1.807) is 6.92 Å². The number of fused-ring (bicyclic) bond motifs is 1. The smallest absolute Gasteiger partial charge is 0.338 e. The molecule has 25 heavy (non-hydrogen) atoms. The van der Waals surface area contributed by atoms with Crippen molar-refractivity contribution < 1.29 is 28.6 Å². The largest absolute Gasteiger partial charge is 0.454 e. The van der Waals surface area contributed by atoms with Gasteiger partial charge in [0.15, 0.2) is 18.1 Å². The van der Waals surface area contributed by atoms with Crippen molar-refractivity contribution in [3.8, 4) is 11.5 Å². The van der Waals surface area contributed by atoms with Crippen LogP contribution in [0.5, 0.6) is 11.5 Å². The number of halogens is 1. The number of carbonyl (C=O) groups excluding carboxylic acids is 3. The van der Waals surface area contributed by atoms with Crippen molar-refractivity contribution in [1.29, 1.82) is 0 Å². The van der Waals surface area contributed by atoms with Crippen LogP contribution in [0.1, 0.15) is 30.6 Å². The van der Waals surface area contributed by atoms with Crippen LogP contribution in [-0.4, -0.2) is 43.8 Å². The summed E-state index contributed by atoms with van der Waals surface area (Å²) in [4.78, 5) is 35.5. The molecule has 0 saturated carbocycles. The Kier molecular flexibility index (Phi) is 6.46. The van der Waals surface area contributed by atoms with E-state index in [2.05, 4.69) is 10.6 Å². The third kappa shape index (κ3) is 4.99. The maximum atomic E-state index is 12.0. The van der Waals surface area contributed by atoms with Crippen LogP contribution in [0.25, 0.3) is 0 Å². The van der Waals surface area contributed by atoms with Crippen molar-refractivity contribution in [2.45, 2.75) is 26.3 Å². The first-order valence-electron chi connectivity index (χ1n) is 7.75. The summed E-state index contributed by atoms with van der Waals surface area (Å²) < 4.78 is 15.2. The van der Waals surface area contributed by atoms with E-state index >= 15 is 0 Å². The van der Waals surface area contributed by atoms with E-state index < -0.39 is 24.5 Å². The molecule has 1 heterocycles. The Bertz CT molecular complexity index is 679. The second-order valence-corrected chi connectivity index (χ2v) is 5.76. The molecule has 0 aromatic heterocycles. The Morgan fingerprint density at radius 3 is 2.80 bits per heavy atom. The number of hydrogen-bond acceptors (Lipinski definition) is 6. The molecule has 2 N–H and O–H groups in total. The topological polar surface area (TPSA) is 103 Å². The molecular formula is C16H19ClN2O6. The molecule has 0 bridgehead atoms. The molecule has 0 aliphatic carbocycles. The van der Waals surface area contributed by atoms with Gasteiger partial charge in [-0.15, -0.1) is 0 Å². The van der Waals surface area contributed by atoms with Crippen LogP contribution in [0.4, 0.5) is 0 Å². The van der Waals surface area contributed by atoms with E-state index in [-0.39, 0.29) is 23.3 Å². The zero-order chi connectivity index (χ0) is 18.4. The summed E-state index contributed by atoms with van der Waals surface area (Å²) in [5.74, 6) is -0.921. The molecule has 8 nitrogen and oxygen atoms in total. The highest BCUT2D eigenvalue weighted by Crippen LogP contribution is 2.39. The highest BCUT2D eigenvalue weighted by Gasteiger charge is 2.22. The van der Waals surface area contributed by atoms with Gasteiger partial charge in [-0.1, -0.05) is 18.5 Å². The fourth-order valence-corrected chi connectivity index (χ4v) is 2.31. The predicted molar refractivity (Wildman–Crippen MR) is 88.8 cm³/mol. The number of carbonyl (C=O) groups is 3. The molecule has 0 radical (unpaired) electrons. The van der Waals surface area contributed by atoms with Crippen molar-refractivity contribution >= 4 is 29.4 Å². The summed E-state index contributed by atoms with van der Waals surface area (Å²) in [7, 11) is 0. The molecule has 2 amide bonds. The quantitative estimate of drug-likeness (QED) is 0.700. The van der Waals surface area contributed by atoms with Gasteiger partial charge in [0, 0.05) is 6.54 Å². The number of hydrogen-bond donors (Lipinski definition) is 2. The van der Waals surface area contributed by atoms with Crippen molar-refractivity contribution in [2.24, 2.45) is 0 Å².